The molecule has 0 radical (unpaired) electrons. The summed E-state index contributed by atoms with van der Waals surface area (Å²) in [6.07, 6.45) is 9.17. The fraction of sp³-hybridized carbons (Fsp3) is 0.293. The van der Waals surface area contributed by atoms with Crippen LogP contribution in [-0.2, 0) is 21.3 Å². The molecule has 2 aliphatic carbocycles. The van der Waals surface area contributed by atoms with Crippen molar-refractivity contribution in [3.63, 3.8) is 0 Å². The summed E-state index contributed by atoms with van der Waals surface area (Å²) in [4.78, 5) is 0. The Balaban J connectivity index is 1.56. The van der Waals surface area contributed by atoms with Gasteiger partial charge in [-0.25, -0.2) is 0 Å². The van der Waals surface area contributed by atoms with Crippen molar-refractivity contribution < 1.29 is 21.3 Å². The molecule has 4 aromatic rings. The van der Waals surface area contributed by atoms with Crippen molar-refractivity contribution >= 4 is 3.21 Å². The van der Waals surface area contributed by atoms with Crippen molar-refractivity contribution in [3.05, 3.63) is 129 Å². The number of hydrogen-bond donors (Lipinski definition) is 0. The molecule has 0 aliphatic heterocycles. The van der Waals surface area contributed by atoms with Crippen molar-refractivity contribution in [1.82, 2.24) is 0 Å². The Labute approximate surface area is 261 Å². The second-order valence-corrected chi connectivity index (χ2v) is 20.7. The average Bonchev–Trinajstić information content (AvgIpc) is 3.56. The first kappa shape index (κ1) is 29.2. The summed E-state index contributed by atoms with van der Waals surface area (Å²) in [6, 6.07) is 36.5. The summed E-state index contributed by atoms with van der Waals surface area (Å²) in [7, 11) is 0. The number of unbranched alkanes of at least 4 members (excludes halogenated alkanes) is 1. The van der Waals surface area contributed by atoms with Crippen LogP contribution in [0.5, 0.6) is 0 Å². The molecule has 1 unspecified atom stereocenters. The van der Waals surface area contributed by atoms with Crippen molar-refractivity contribution in [3.8, 4) is 33.4 Å². The molecule has 42 heavy (non-hydrogen) atoms. The molecule has 0 amide bonds. The Morgan fingerprint density at radius 2 is 1.21 bits per heavy atom. The first-order valence-electron chi connectivity index (χ1n) is 15.8. The van der Waals surface area contributed by atoms with E-state index in [1.807, 2.05) is 3.28 Å². The van der Waals surface area contributed by atoms with Gasteiger partial charge in [-0.2, -0.15) is 0 Å². The van der Waals surface area contributed by atoms with E-state index in [1.54, 1.807) is 19.9 Å². The normalized spacial score (nSPS) is 16.1. The molecule has 0 heterocycles. The van der Waals surface area contributed by atoms with Crippen LogP contribution in [0, 0.1) is 11.3 Å². The zero-order valence-electron chi connectivity index (χ0n) is 26.2. The standard InChI is InChI=1S/C25H17.C13H21.C3H6.Zr/c1-3-7-18(8-4-1)20-11-13-24-22(15-20)17-23-16-21(12-14-25(23)24)19-9-5-2-6-10-19;1-5-6-7-11-8-9-12(10-11)13(2,3)4;1-3-2;/h1-17H;9-11H,5-7H2,1-4H3;1-2H3;. The van der Waals surface area contributed by atoms with E-state index >= 15 is 0 Å². The molecule has 0 aromatic heterocycles. The van der Waals surface area contributed by atoms with Gasteiger partial charge in [0, 0.05) is 0 Å². The summed E-state index contributed by atoms with van der Waals surface area (Å²) in [5, 5.41) is 0. The van der Waals surface area contributed by atoms with Crippen LogP contribution < -0.4 is 0 Å². The molecule has 1 atom stereocenters. The van der Waals surface area contributed by atoms with E-state index < -0.39 is 21.3 Å². The molecule has 4 aromatic carbocycles. The molecule has 212 valence electrons. The van der Waals surface area contributed by atoms with E-state index in [1.165, 1.54) is 52.6 Å². The number of allylic oxidation sites excluding steroid dienone is 4. The third-order valence-corrected chi connectivity index (χ3v) is 17.6. The molecule has 0 bridgehead atoms. The Morgan fingerprint density at radius 1 is 0.690 bits per heavy atom. The van der Waals surface area contributed by atoms with Crippen LogP contribution in [-0.4, -0.2) is 3.21 Å². The molecule has 2 aliphatic rings. The molecule has 0 fully saturated rings. The molecule has 0 saturated heterocycles. The van der Waals surface area contributed by atoms with E-state index in [9.17, 15) is 0 Å². The number of hydrogen-bond acceptors (Lipinski definition) is 0. The van der Waals surface area contributed by atoms with Gasteiger partial charge in [-0.15, -0.1) is 0 Å². The molecule has 0 spiro atoms. The molecule has 0 N–H and O–H groups in total. The fourth-order valence-electron chi connectivity index (χ4n) is 6.97. The van der Waals surface area contributed by atoms with E-state index in [0.29, 0.717) is 9.54 Å². The monoisotopic (exact) mass is 626 g/mol. The third kappa shape index (κ3) is 5.58. The summed E-state index contributed by atoms with van der Waals surface area (Å²) in [6.45, 7) is 14.4. The second-order valence-electron chi connectivity index (χ2n) is 13.4. The Kier molecular flexibility index (Phi) is 8.35. The topological polar surface area (TPSA) is 0 Å². The number of rotatable bonds is 7. The van der Waals surface area contributed by atoms with Gasteiger partial charge in [-0.05, 0) is 0 Å². The first-order chi connectivity index (χ1) is 20.3. The van der Waals surface area contributed by atoms with Crippen LogP contribution in [0.15, 0.2) is 118 Å². The number of benzene rings is 4. The predicted octanol–water partition coefficient (Wildman–Crippen LogP) is 11.6. The molecular formula is C41H44Zr. The van der Waals surface area contributed by atoms with Crippen LogP contribution in [0.2, 0.25) is 0 Å². The maximum atomic E-state index is 2.68. The van der Waals surface area contributed by atoms with Crippen LogP contribution in [0.1, 0.15) is 75.6 Å². The Bertz CT molecular complexity index is 1600. The molecular weight excluding hydrogens is 584 g/mol. The van der Waals surface area contributed by atoms with Gasteiger partial charge >= 0.3 is 263 Å². The van der Waals surface area contributed by atoms with E-state index in [2.05, 4.69) is 151 Å². The molecule has 1 heteroatoms. The SMILES string of the molecule is CCCCC1C=C(C(C)(C)C)C=[C]1[Zr](=[C](C)C)[CH]1c2cc(-c3ccccc3)ccc2-c2ccc(-c3ccccc3)cc21. The fourth-order valence-corrected chi connectivity index (χ4v) is 15.6. The molecule has 0 saturated carbocycles. The maximum absolute atomic E-state index is 2.68. The summed E-state index contributed by atoms with van der Waals surface area (Å²) < 4.78 is 4.00. The predicted molar refractivity (Wildman–Crippen MR) is 180 cm³/mol. The van der Waals surface area contributed by atoms with Gasteiger partial charge in [0.25, 0.3) is 0 Å². The van der Waals surface area contributed by atoms with E-state index in [4.69, 9.17) is 0 Å². The van der Waals surface area contributed by atoms with Gasteiger partial charge in [0.05, 0.1) is 0 Å². The van der Waals surface area contributed by atoms with Gasteiger partial charge in [-0.3, -0.25) is 0 Å². The van der Waals surface area contributed by atoms with Crippen molar-refractivity contribution in [2.75, 3.05) is 0 Å². The van der Waals surface area contributed by atoms with Crippen molar-refractivity contribution in [1.29, 1.82) is 0 Å². The van der Waals surface area contributed by atoms with Gasteiger partial charge in [0.1, 0.15) is 0 Å². The van der Waals surface area contributed by atoms with Crippen LogP contribution in [0.4, 0.5) is 0 Å². The van der Waals surface area contributed by atoms with Crippen LogP contribution >= 0.6 is 0 Å². The zero-order chi connectivity index (χ0) is 29.4. The van der Waals surface area contributed by atoms with Gasteiger partial charge in [0.2, 0.25) is 0 Å². The molecule has 0 nitrogen and oxygen atoms in total. The zero-order valence-corrected chi connectivity index (χ0v) is 28.6. The summed E-state index contributed by atoms with van der Waals surface area (Å²) >= 11 is -2.41. The Hall–Kier alpha value is -2.89. The number of fused-ring (bicyclic) bond motifs is 3. The molecule has 6 rings (SSSR count). The van der Waals surface area contributed by atoms with Crippen LogP contribution in [0.25, 0.3) is 33.4 Å². The second kappa shape index (κ2) is 12.0. The van der Waals surface area contributed by atoms with Crippen molar-refractivity contribution in [2.45, 2.75) is 64.4 Å². The minimum absolute atomic E-state index is 0.175. The quantitative estimate of drug-likeness (QED) is 0.191. The summed E-state index contributed by atoms with van der Waals surface area (Å²) in [5.74, 6) is 0.589. The van der Waals surface area contributed by atoms with Gasteiger partial charge in [0.15, 0.2) is 0 Å². The van der Waals surface area contributed by atoms with Crippen LogP contribution in [0.3, 0.4) is 0 Å². The third-order valence-electron chi connectivity index (χ3n) is 9.19. The van der Waals surface area contributed by atoms with Gasteiger partial charge < -0.3 is 0 Å². The first-order valence-corrected chi connectivity index (χ1v) is 19.6. The summed E-state index contributed by atoms with van der Waals surface area (Å²) in [5.41, 5.74) is 13.0. The van der Waals surface area contributed by atoms with Gasteiger partial charge in [-0.1, -0.05) is 0 Å². The van der Waals surface area contributed by atoms with E-state index in [0.717, 1.165) is 0 Å². The Morgan fingerprint density at radius 3 is 1.67 bits per heavy atom. The minimum atomic E-state index is -2.41. The van der Waals surface area contributed by atoms with E-state index in [-0.39, 0.29) is 5.41 Å². The van der Waals surface area contributed by atoms with Crippen molar-refractivity contribution in [2.24, 2.45) is 11.3 Å². The average molecular weight is 628 g/mol.